The number of hydrogen-bond donors (Lipinski definition) is 2. The van der Waals surface area contributed by atoms with Crippen LogP contribution in [-0.2, 0) is 0 Å². The van der Waals surface area contributed by atoms with E-state index in [0.29, 0.717) is 21.3 Å². The zero-order chi connectivity index (χ0) is 13.1. The lowest BCUT2D eigenvalue weighted by molar-refractivity contribution is 0.102. The second kappa shape index (κ2) is 5.65. The Morgan fingerprint density at radius 3 is 2.11 bits per heavy atom. The van der Waals surface area contributed by atoms with E-state index in [9.17, 15) is 4.79 Å². The number of thiol groups is 1. The van der Waals surface area contributed by atoms with E-state index in [4.69, 9.17) is 23.2 Å². The number of benzene rings is 2. The molecule has 18 heavy (non-hydrogen) atoms. The second-order valence-corrected chi connectivity index (χ2v) is 4.93. The van der Waals surface area contributed by atoms with Crippen LogP contribution in [0.3, 0.4) is 0 Å². The highest BCUT2D eigenvalue weighted by Gasteiger charge is 2.10. The third-order valence-electron chi connectivity index (χ3n) is 2.33. The van der Waals surface area contributed by atoms with Gasteiger partial charge in [-0.3, -0.25) is 4.79 Å². The van der Waals surface area contributed by atoms with E-state index in [1.54, 1.807) is 42.5 Å². The highest BCUT2D eigenvalue weighted by atomic mass is 35.5. The first kappa shape index (κ1) is 13.3. The number of carbonyl (C=O) groups excluding carboxylic acids is 1. The van der Waals surface area contributed by atoms with E-state index < -0.39 is 0 Å². The first-order valence-corrected chi connectivity index (χ1v) is 6.32. The van der Waals surface area contributed by atoms with Gasteiger partial charge in [-0.05, 0) is 36.4 Å². The fourth-order valence-electron chi connectivity index (χ4n) is 1.42. The van der Waals surface area contributed by atoms with Gasteiger partial charge in [0.2, 0.25) is 0 Å². The van der Waals surface area contributed by atoms with E-state index in [-0.39, 0.29) is 5.91 Å². The quantitative estimate of drug-likeness (QED) is 0.783. The molecule has 0 fully saturated rings. The second-order valence-electron chi connectivity index (χ2n) is 3.60. The van der Waals surface area contributed by atoms with Crippen molar-refractivity contribution in [3.05, 3.63) is 58.1 Å². The summed E-state index contributed by atoms with van der Waals surface area (Å²) in [5, 5.41) is 3.50. The summed E-state index contributed by atoms with van der Waals surface area (Å²) in [6.45, 7) is 0. The summed E-state index contributed by atoms with van der Waals surface area (Å²) in [6.07, 6.45) is 0. The lowest BCUT2D eigenvalue weighted by Gasteiger charge is -2.09. The minimum Gasteiger partial charge on any atom is -0.319 e. The van der Waals surface area contributed by atoms with Gasteiger partial charge in [0.25, 0.3) is 5.91 Å². The SMILES string of the molecule is O=C(Nc1c(Cl)cccc1Cl)c1ccc(S)cc1. The van der Waals surface area contributed by atoms with Crippen LogP contribution in [-0.4, -0.2) is 5.91 Å². The predicted octanol–water partition coefficient (Wildman–Crippen LogP) is 4.53. The van der Waals surface area contributed by atoms with Gasteiger partial charge in [0.05, 0.1) is 15.7 Å². The van der Waals surface area contributed by atoms with Crippen molar-refractivity contribution in [1.29, 1.82) is 0 Å². The molecule has 2 aromatic carbocycles. The van der Waals surface area contributed by atoms with Crippen LogP contribution in [0.2, 0.25) is 10.0 Å². The molecule has 5 heteroatoms. The molecule has 0 radical (unpaired) electrons. The lowest BCUT2D eigenvalue weighted by Crippen LogP contribution is -2.12. The molecular weight excluding hydrogens is 289 g/mol. The number of rotatable bonds is 2. The summed E-state index contributed by atoms with van der Waals surface area (Å²) in [5.41, 5.74) is 0.935. The molecule has 0 atom stereocenters. The molecule has 0 spiro atoms. The highest BCUT2D eigenvalue weighted by molar-refractivity contribution is 7.80. The number of nitrogens with one attached hydrogen (secondary N) is 1. The van der Waals surface area contributed by atoms with Gasteiger partial charge in [-0.25, -0.2) is 0 Å². The van der Waals surface area contributed by atoms with Crippen LogP contribution < -0.4 is 5.32 Å². The van der Waals surface area contributed by atoms with Gasteiger partial charge in [0.1, 0.15) is 0 Å². The van der Waals surface area contributed by atoms with E-state index in [0.717, 1.165) is 4.90 Å². The molecule has 1 amide bonds. The van der Waals surface area contributed by atoms with Gasteiger partial charge in [-0.2, -0.15) is 0 Å². The van der Waals surface area contributed by atoms with Crippen molar-refractivity contribution in [2.45, 2.75) is 4.90 Å². The standard InChI is InChI=1S/C13H9Cl2NOS/c14-10-2-1-3-11(15)12(10)16-13(17)8-4-6-9(18)7-5-8/h1-7,18H,(H,16,17). The van der Waals surface area contributed by atoms with E-state index in [2.05, 4.69) is 17.9 Å². The van der Waals surface area contributed by atoms with Gasteiger partial charge < -0.3 is 5.32 Å². The van der Waals surface area contributed by atoms with Crippen LogP contribution in [0.4, 0.5) is 5.69 Å². The molecule has 2 nitrogen and oxygen atoms in total. The highest BCUT2D eigenvalue weighted by Crippen LogP contribution is 2.30. The Kier molecular flexibility index (Phi) is 4.17. The van der Waals surface area contributed by atoms with Crippen LogP contribution in [0.5, 0.6) is 0 Å². The van der Waals surface area contributed by atoms with Crippen molar-refractivity contribution >= 4 is 47.4 Å². The minimum atomic E-state index is -0.265. The number of amides is 1. The first-order chi connectivity index (χ1) is 8.58. The summed E-state index contributed by atoms with van der Waals surface area (Å²) >= 11 is 16.1. The average molecular weight is 298 g/mol. The molecule has 0 aliphatic carbocycles. The van der Waals surface area contributed by atoms with Crippen molar-refractivity contribution in [2.75, 3.05) is 5.32 Å². The molecule has 0 saturated carbocycles. The van der Waals surface area contributed by atoms with E-state index >= 15 is 0 Å². The number of hydrogen-bond acceptors (Lipinski definition) is 2. The Morgan fingerprint density at radius 1 is 1.00 bits per heavy atom. The fourth-order valence-corrected chi connectivity index (χ4v) is 2.06. The van der Waals surface area contributed by atoms with Crippen molar-refractivity contribution in [3.8, 4) is 0 Å². The average Bonchev–Trinajstić information content (AvgIpc) is 2.34. The number of halogens is 2. The first-order valence-electron chi connectivity index (χ1n) is 5.12. The maximum absolute atomic E-state index is 12.0. The molecule has 0 saturated heterocycles. The zero-order valence-electron chi connectivity index (χ0n) is 9.15. The predicted molar refractivity (Wildman–Crippen MR) is 78.1 cm³/mol. The topological polar surface area (TPSA) is 29.1 Å². The minimum absolute atomic E-state index is 0.265. The summed E-state index contributed by atoms with van der Waals surface area (Å²) in [6, 6.07) is 11.9. The number of para-hydroxylation sites is 1. The Balaban J connectivity index is 2.24. The molecule has 2 rings (SSSR count). The molecule has 92 valence electrons. The molecule has 0 aliphatic heterocycles. The van der Waals surface area contributed by atoms with Gasteiger partial charge in [-0.1, -0.05) is 29.3 Å². The van der Waals surface area contributed by atoms with Crippen LogP contribution in [0, 0.1) is 0 Å². The number of anilines is 1. The Labute approximate surface area is 120 Å². The largest absolute Gasteiger partial charge is 0.319 e. The molecule has 0 bridgehead atoms. The van der Waals surface area contributed by atoms with Gasteiger partial charge in [0, 0.05) is 10.5 Å². The van der Waals surface area contributed by atoms with Crippen molar-refractivity contribution in [3.63, 3.8) is 0 Å². The molecular formula is C13H9Cl2NOS. The van der Waals surface area contributed by atoms with Crippen LogP contribution >= 0.6 is 35.8 Å². The smallest absolute Gasteiger partial charge is 0.255 e. The zero-order valence-corrected chi connectivity index (χ0v) is 11.6. The molecule has 0 unspecified atom stereocenters. The molecule has 0 heterocycles. The molecule has 1 N–H and O–H groups in total. The lowest BCUT2D eigenvalue weighted by atomic mass is 10.2. The summed E-state index contributed by atoms with van der Waals surface area (Å²) < 4.78 is 0. The van der Waals surface area contributed by atoms with Crippen molar-refractivity contribution in [2.24, 2.45) is 0 Å². The number of carbonyl (C=O) groups is 1. The van der Waals surface area contributed by atoms with Crippen molar-refractivity contribution < 1.29 is 4.79 Å². The van der Waals surface area contributed by atoms with Crippen LogP contribution in [0.1, 0.15) is 10.4 Å². The Bertz CT molecular complexity index is 564. The van der Waals surface area contributed by atoms with E-state index in [1.165, 1.54) is 0 Å². The summed E-state index contributed by atoms with van der Waals surface area (Å²) in [7, 11) is 0. The van der Waals surface area contributed by atoms with Crippen molar-refractivity contribution in [1.82, 2.24) is 0 Å². The Morgan fingerprint density at radius 2 is 1.56 bits per heavy atom. The van der Waals surface area contributed by atoms with Gasteiger partial charge in [0.15, 0.2) is 0 Å². The Hall–Kier alpha value is -1.16. The van der Waals surface area contributed by atoms with Gasteiger partial charge >= 0.3 is 0 Å². The summed E-state index contributed by atoms with van der Waals surface area (Å²) in [4.78, 5) is 12.8. The van der Waals surface area contributed by atoms with Crippen LogP contribution in [0.15, 0.2) is 47.4 Å². The normalized spacial score (nSPS) is 10.2. The molecule has 2 aromatic rings. The van der Waals surface area contributed by atoms with E-state index in [1.807, 2.05) is 0 Å². The van der Waals surface area contributed by atoms with Gasteiger partial charge in [-0.15, -0.1) is 12.6 Å². The maximum Gasteiger partial charge on any atom is 0.255 e. The molecule has 0 aromatic heterocycles. The molecule has 0 aliphatic rings. The third-order valence-corrected chi connectivity index (χ3v) is 3.26. The maximum atomic E-state index is 12.0. The fraction of sp³-hybridized carbons (Fsp3) is 0. The monoisotopic (exact) mass is 297 g/mol. The summed E-state index contributed by atoms with van der Waals surface area (Å²) in [5.74, 6) is -0.265. The third kappa shape index (κ3) is 2.99. The van der Waals surface area contributed by atoms with Crippen LogP contribution in [0.25, 0.3) is 0 Å².